The third-order valence-electron chi connectivity index (χ3n) is 3.07. The van der Waals surface area contributed by atoms with Crippen LogP contribution in [-0.2, 0) is 6.42 Å². The van der Waals surface area contributed by atoms with Crippen molar-refractivity contribution in [2.45, 2.75) is 33.6 Å². The summed E-state index contributed by atoms with van der Waals surface area (Å²) in [7, 11) is 1.86. The van der Waals surface area contributed by atoms with E-state index in [1.807, 2.05) is 27.1 Å². The molecule has 0 saturated heterocycles. The van der Waals surface area contributed by atoms with E-state index in [0.717, 1.165) is 45.6 Å². The minimum Gasteiger partial charge on any atom is -0.372 e. The maximum Gasteiger partial charge on any atom is 0.180 e. The van der Waals surface area contributed by atoms with Crippen LogP contribution >= 0.6 is 15.9 Å². The van der Waals surface area contributed by atoms with Gasteiger partial charge >= 0.3 is 0 Å². The summed E-state index contributed by atoms with van der Waals surface area (Å²) < 4.78 is 0.940. The molecule has 2 aromatic heterocycles. The van der Waals surface area contributed by atoms with Crippen molar-refractivity contribution in [1.82, 2.24) is 15.0 Å². The second-order valence-electron chi connectivity index (χ2n) is 4.83. The first-order chi connectivity index (χ1) is 9.56. The van der Waals surface area contributed by atoms with Crippen molar-refractivity contribution in [3.05, 3.63) is 33.6 Å². The Kier molecular flexibility index (Phi) is 4.70. The zero-order chi connectivity index (χ0) is 14.7. The van der Waals surface area contributed by atoms with Gasteiger partial charge in [-0.15, -0.1) is 0 Å². The topological polar surface area (TPSA) is 50.7 Å². The minimum atomic E-state index is 0.679. The molecule has 0 aliphatic carbocycles. The summed E-state index contributed by atoms with van der Waals surface area (Å²) in [6.45, 7) is 6.22. The molecule has 2 aromatic rings. The van der Waals surface area contributed by atoms with E-state index in [0.29, 0.717) is 5.82 Å². The molecule has 1 N–H and O–H groups in total. The highest BCUT2D eigenvalue weighted by molar-refractivity contribution is 9.10. The van der Waals surface area contributed by atoms with E-state index in [1.54, 1.807) is 0 Å². The molecule has 20 heavy (non-hydrogen) atoms. The Morgan fingerprint density at radius 3 is 2.60 bits per heavy atom. The Morgan fingerprint density at radius 1 is 1.25 bits per heavy atom. The van der Waals surface area contributed by atoms with Crippen LogP contribution in [0.4, 0.5) is 5.82 Å². The summed E-state index contributed by atoms with van der Waals surface area (Å²) in [5, 5.41) is 3.11. The number of anilines is 1. The second-order valence-corrected chi connectivity index (χ2v) is 5.63. The number of hydrogen-bond acceptors (Lipinski definition) is 4. The molecule has 0 atom stereocenters. The summed E-state index contributed by atoms with van der Waals surface area (Å²) in [5.74, 6) is 1.48. The van der Waals surface area contributed by atoms with Gasteiger partial charge in [0, 0.05) is 13.2 Å². The van der Waals surface area contributed by atoms with Crippen molar-refractivity contribution in [2.24, 2.45) is 0 Å². The summed E-state index contributed by atoms with van der Waals surface area (Å²) in [6.07, 6.45) is 3.81. The number of aryl methyl sites for hydroxylation is 3. The number of hydrogen-bond donors (Lipinski definition) is 1. The van der Waals surface area contributed by atoms with Gasteiger partial charge in [0.05, 0.1) is 10.2 Å². The molecule has 2 heterocycles. The molecule has 106 valence electrons. The summed E-state index contributed by atoms with van der Waals surface area (Å²) in [5.41, 5.74) is 4.10. The van der Waals surface area contributed by atoms with E-state index in [1.165, 1.54) is 0 Å². The molecule has 0 aliphatic rings. The molecule has 2 rings (SSSR count). The lowest BCUT2D eigenvalue weighted by Gasteiger charge is -2.11. The first-order valence-corrected chi connectivity index (χ1v) is 7.53. The number of halogens is 1. The largest absolute Gasteiger partial charge is 0.372 e. The van der Waals surface area contributed by atoms with E-state index < -0.39 is 0 Å². The number of aromatic nitrogens is 3. The highest BCUT2D eigenvalue weighted by Gasteiger charge is 2.14. The van der Waals surface area contributed by atoms with E-state index in [2.05, 4.69) is 49.2 Å². The lowest BCUT2D eigenvalue weighted by atomic mass is 10.1. The molecule has 4 nitrogen and oxygen atoms in total. The van der Waals surface area contributed by atoms with Crippen molar-refractivity contribution in [1.29, 1.82) is 0 Å². The lowest BCUT2D eigenvalue weighted by molar-refractivity contribution is 0.867. The smallest absolute Gasteiger partial charge is 0.180 e. The zero-order valence-corrected chi connectivity index (χ0v) is 13.9. The van der Waals surface area contributed by atoms with Gasteiger partial charge in [-0.2, -0.15) is 0 Å². The van der Waals surface area contributed by atoms with Gasteiger partial charge in [-0.3, -0.25) is 4.98 Å². The molecular weight excluding hydrogens is 316 g/mol. The van der Waals surface area contributed by atoms with Gasteiger partial charge in [-0.25, -0.2) is 9.97 Å². The van der Waals surface area contributed by atoms with Crippen LogP contribution in [0.3, 0.4) is 0 Å². The van der Waals surface area contributed by atoms with Crippen LogP contribution in [0.5, 0.6) is 0 Å². The fourth-order valence-corrected chi connectivity index (χ4v) is 2.69. The van der Waals surface area contributed by atoms with E-state index >= 15 is 0 Å². The molecule has 0 bridgehead atoms. The van der Waals surface area contributed by atoms with Crippen LogP contribution in [0.1, 0.15) is 30.2 Å². The van der Waals surface area contributed by atoms with E-state index in [9.17, 15) is 0 Å². The fourth-order valence-electron chi connectivity index (χ4n) is 2.12. The molecule has 0 aromatic carbocycles. The van der Waals surface area contributed by atoms with Crippen LogP contribution in [-0.4, -0.2) is 22.0 Å². The number of rotatable bonds is 4. The number of pyridine rings is 1. The molecule has 0 spiro atoms. The predicted octanol–water partition coefficient (Wildman–Crippen LogP) is 3.91. The Bertz CT molecular complexity index is 626. The van der Waals surface area contributed by atoms with Gasteiger partial charge < -0.3 is 5.32 Å². The average molecular weight is 335 g/mol. The maximum atomic E-state index is 4.67. The molecule has 0 fully saturated rings. The molecule has 0 radical (unpaired) electrons. The van der Waals surface area contributed by atoms with Crippen LogP contribution in [0.25, 0.3) is 11.5 Å². The van der Waals surface area contributed by atoms with Crippen LogP contribution < -0.4 is 5.32 Å². The predicted molar refractivity (Wildman–Crippen MR) is 86.0 cm³/mol. The number of nitrogens with zero attached hydrogens (tertiary/aromatic N) is 3. The number of nitrogens with one attached hydrogen (secondary N) is 1. The third-order valence-corrected chi connectivity index (χ3v) is 3.90. The van der Waals surface area contributed by atoms with Gasteiger partial charge in [0.25, 0.3) is 0 Å². The minimum absolute atomic E-state index is 0.679. The lowest BCUT2D eigenvalue weighted by Crippen LogP contribution is -2.05. The monoisotopic (exact) mass is 334 g/mol. The molecule has 0 unspecified atom stereocenters. The highest BCUT2D eigenvalue weighted by Crippen LogP contribution is 2.28. The maximum absolute atomic E-state index is 4.67. The zero-order valence-electron chi connectivity index (χ0n) is 12.3. The van der Waals surface area contributed by atoms with Crippen molar-refractivity contribution in [2.75, 3.05) is 12.4 Å². The average Bonchev–Trinajstić information content (AvgIpc) is 2.41. The fraction of sp³-hybridized carbons (Fsp3) is 0.400. The molecular formula is C15H19BrN4. The summed E-state index contributed by atoms with van der Waals surface area (Å²) >= 11 is 3.57. The Balaban J connectivity index is 2.58. The third kappa shape index (κ3) is 2.98. The normalized spacial score (nSPS) is 10.7. The first-order valence-electron chi connectivity index (χ1n) is 6.74. The van der Waals surface area contributed by atoms with Crippen LogP contribution in [0.2, 0.25) is 0 Å². The van der Waals surface area contributed by atoms with Crippen molar-refractivity contribution >= 4 is 21.7 Å². The van der Waals surface area contributed by atoms with Gasteiger partial charge in [-0.1, -0.05) is 19.4 Å². The molecule has 5 heteroatoms. The Labute approximate surface area is 128 Å². The standard InChI is InChI=1S/C15H19BrN4/c1-5-6-11-12(16)14(17-4)20-15(19-11)13-10(3)7-9(2)8-18-13/h7-8H,5-6H2,1-4H3,(H,17,19,20). The van der Waals surface area contributed by atoms with Crippen molar-refractivity contribution in [3.63, 3.8) is 0 Å². The Morgan fingerprint density at radius 2 is 2.00 bits per heavy atom. The molecule has 0 saturated carbocycles. The van der Waals surface area contributed by atoms with E-state index in [4.69, 9.17) is 0 Å². The van der Waals surface area contributed by atoms with Crippen molar-refractivity contribution in [3.8, 4) is 11.5 Å². The SMILES string of the molecule is CCCc1nc(-c2ncc(C)cc2C)nc(NC)c1Br. The van der Waals surface area contributed by atoms with Gasteiger partial charge in [-0.05, 0) is 47.3 Å². The van der Waals surface area contributed by atoms with Crippen LogP contribution in [0, 0.1) is 13.8 Å². The summed E-state index contributed by atoms with van der Waals surface area (Å²) in [6, 6.07) is 2.10. The van der Waals surface area contributed by atoms with Gasteiger partial charge in [0.1, 0.15) is 11.5 Å². The van der Waals surface area contributed by atoms with Crippen molar-refractivity contribution < 1.29 is 0 Å². The highest BCUT2D eigenvalue weighted by atomic mass is 79.9. The molecule has 0 aliphatic heterocycles. The van der Waals surface area contributed by atoms with Gasteiger partial charge in [0.2, 0.25) is 0 Å². The van der Waals surface area contributed by atoms with E-state index in [-0.39, 0.29) is 0 Å². The van der Waals surface area contributed by atoms with Crippen LogP contribution in [0.15, 0.2) is 16.7 Å². The van der Waals surface area contributed by atoms with Gasteiger partial charge in [0.15, 0.2) is 5.82 Å². The first kappa shape index (κ1) is 14.9. The summed E-state index contributed by atoms with van der Waals surface area (Å²) in [4.78, 5) is 13.7. The quantitative estimate of drug-likeness (QED) is 0.920. The second kappa shape index (κ2) is 6.31. The molecule has 0 amide bonds. The Hall–Kier alpha value is -1.49.